The van der Waals surface area contributed by atoms with E-state index in [0.717, 1.165) is 34.7 Å². The molecule has 0 spiro atoms. The van der Waals surface area contributed by atoms with Gasteiger partial charge in [0.1, 0.15) is 5.52 Å². The zero-order valence-corrected chi connectivity index (χ0v) is 23.1. The molecule has 3 aromatic heterocycles. The summed E-state index contributed by atoms with van der Waals surface area (Å²) in [5.74, 6) is 1.30. The van der Waals surface area contributed by atoms with E-state index in [1.165, 1.54) is 0 Å². The van der Waals surface area contributed by atoms with E-state index in [-0.39, 0.29) is 23.3 Å². The second kappa shape index (κ2) is 11.3. The predicted octanol–water partition coefficient (Wildman–Crippen LogP) is 5.04. The molecule has 3 aromatic rings. The quantitative estimate of drug-likeness (QED) is 0.295. The highest BCUT2D eigenvalue weighted by molar-refractivity contribution is 7.98. The summed E-state index contributed by atoms with van der Waals surface area (Å²) >= 11 is 1.64. The second-order valence-electron chi connectivity index (χ2n) is 9.57. The lowest BCUT2D eigenvalue weighted by Crippen LogP contribution is -2.30. The second-order valence-corrected chi connectivity index (χ2v) is 10.4. The number of hydrogen-bond acceptors (Lipinski definition) is 9. The van der Waals surface area contributed by atoms with E-state index < -0.39 is 0 Å². The van der Waals surface area contributed by atoms with Gasteiger partial charge in [-0.15, -0.1) is 11.8 Å². The van der Waals surface area contributed by atoms with Gasteiger partial charge in [0, 0.05) is 35.8 Å². The Morgan fingerprint density at radius 2 is 1.97 bits per heavy atom. The van der Waals surface area contributed by atoms with Crippen molar-refractivity contribution in [3.05, 3.63) is 52.1 Å². The summed E-state index contributed by atoms with van der Waals surface area (Å²) in [5.41, 5.74) is 4.04. The fraction of sp³-hybridized carbons (Fsp3) is 0.444. The van der Waals surface area contributed by atoms with Gasteiger partial charge in [-0.2, -0.15) is 0 Å². The first-order valence-electron chi connectivity index (χ1n) is 12.5. The average molecular weight is 519 g/mol. The first-order valence-corrected chi connectivity index (χ1v) is 13.7. The van der Waals surface area contributed by atoms with Gasteiger partial charge < -0.3 is 5.32 Å². The Bertz CT molecular complexity index is 1420. The Morgan fingerprint density at radius 1 is 1.22 bits per heavy atom. The summed E-state index contributed by atoms with van der Waals surface area (Å²) in [6.45, 7) is 12.2. The van der Waals surface area contributed by atoms with Gasteiger partial charge in [-0.1, -0.05) is 13.8 Å². The largest absolute Gasteiger partial charge is 0.360 e. The first kappa shape index (κ1) is 26.7. The van der Waals surface area contributed by atoms with Crippen molar-refractivity contribution >= 4 is 46.7 Å². The molecule has 1 N–H and O–H groups in total. The molecule has 1 fully saturated rings. The van der Waals surface area contributed by atoms with Crippen molar-refractivity contribution in [1.82, 2.24) is 24.5 Å². The molecule has 1 atom stereocenters. The van der Waals surface area contributed by atoms with Crippen LogP contribution in [0.1, 0.15) is 58.1 Å². The van der Waals surface area contributed by atoms with Gasteiger partial charge in [0.15, 0.2) is 17.3 Å². The minimum atomic E-state index is -0.227. The molecule has 1 aliphatic carbocycles. The van der Waals surface area contributed by atoms with Gasteiger partial charge in [-0.05, 0) is 57.7 Å². The molecular weight excluding hydrogens is 484 g/mol. The van der Waals surface area contributed by atoms with E-state index in [4.69, 9.17) is 4.98 Å². The topological polar surface area (TPSA) is 110 Å². The smallest absolute Gasteiger partial charge is 0.295 e. The van der Waals surface area contributed by atoms with E-state index in [9.17, 15) is 4.79 Å². The molecule has 0 bridgehead atoms. The minimum absolute atomic E-state index is 0.117. The van der Waals surface area contributed by atoms with Crippen molar-refractivity contribution in [3.63, 3.8) is 0 Å². The summed E-state index contributed by atoms with van der Waals surface area (Å²) in [6, 6.07) is 3.84. The lowest BCUT2D eigenvalue weighted by Gasteiger charge is -2.22. The molecule has 0 amide bonds. The number of fused-ring (bicyclic) bond motifs is 1. The first-order chi connectivity index (χ1) is 17.8. The Balaban J connectivity index is 1.82. The monoisotopic (exact) mass is 518 g/mol. The summed E-state index contributed by atoms with van der Waals surface area (Å²) in [6.07, 6.45) is 7.66. The third-order valence-electron chi connectivity index (χ3n) is 6.76. The maximum atomic E-state index is 13.7. The van der Waals surface area contributed by atoms with Crippen molar-refractivity contribution in [3.8, 4) is 0 Å². The fourth-order valence-electron chi connectivity index (χ4n) is 4.12. The van der Waals surface area contributed by atoms with E-state index in [2.05, 4.69) is 50.8 Å². The molecule has 3 heterocycles. The number of nitrogens with zero attached hydrogens (tertiary/aromatic N) is 7. The van der Waals surface area contributed by atoms with Crippen LogP contribution in [0.25, 0.3) is 16.7 Å². The standard InChI is InChI=1S/C27H34N8OS/c1-15(2)17(4)35-26-21(33-25(27(35)36)31-12-19-10-11-20(37-7)13-30-19)14-32-24(34-26)22(16(3)28-5)23(29-6)18-8-9-18/h10-11,13-15,17-18H,5,8-9,12H2,1-4,6-7H3,(H,31,33)/b22-16+,29-23?/t17-/m0/s1. The number of aliphatic imine (C=N–C) groups is 2. The van der Waals surface area contributed by atoms with Crippen molar-refractivity contribution in [2.45, 2.75) is 58.0 Å². The van der Waals surface area contributed by atoms with E-state index >= 15 is 0 Å². The molecule has 1 aliphatic rings. The molecule has 10 heteroatoms. The van der Waals surface area contributed by atoms with Crippen molar-refractivity contribution in [1.29, 1.82) is 0 Å². The molecular formula is C27H34N8OS. The summed E-state index contributed by atoms with van der Waals surface area (Å²) in [4.78, 5) is 42.1. The minimum Gasteiger partial charge on any atom is -0.360 e. The Labute approximate surface area is 221 Å². The number of pyridine rings is 1. The lowest BCUT2D eigenvalue weighted by molar-refractivity contribution is 0.406. The van der Waals surface area contributed by atoms with Gasteiger partial charge in [0.2, 0.25) is 0 Å². The van der Waals surface area contributed by atoms with Crippen LogP contribution < -0.4 is 10.9 Å². The van der Waals surface area contributed by atoms with Crippen LogP contribution >= 0.6 is 11.8 Å². The van der Waals surface area contributed by atoms with Crippen LogP contribution in [0.3, 0.4) is 0 Å². The van der Waals surface area contributed by atoms with Crippen LogP contribution in [0.15, 0.2) is 49.9 Å². The zero-order chi connectivity index (χ0) is 26.7. The van der Waals surface area contributed by atoms with Crippen LogP contribution in [-0.4, -0.2) is 50.2 Å². The van der Waals surface area contributed by atoms with E-state index in [0.29, 0.717) is 35.1 Å². The van der Waals surface area contributed by atoms with Gasteiger partial charge in [-0.3, -0.25) is 24.3 Å². The SMILES string of the molecule is C=N/C(C)=C(\C(=NC)C1CC1)c1ncc2nc(NCc3ccc(SC)cn3)c(=O)n([C@@H](C)C(C)C)c2n1. The normalized spacial score (nSPS) is 15.6. The highest BCUT2D eigenvalue weighted by Crippen LogP contribution is 2.37. The van der Waals surface area contributed by atoms with Crippen molar-refractivity contribution in [2.75, 3.05) is 18.6 Å². The maximum Gasteiger partial charge on any atom is 0.295 e. The highest BCUT2D eigenvalue weighted by Gasteiger charge is 2.32. The molecule has 4 rings (SSSR count). The number of allylic oxidation sites excluding steroid dienone is 2. The highest BCUT2D eigenvalue weighted by atomic mass is 32.2. The van der Waals surface area contributed by atoms with Crippen LogP contribution in [0.5, 0.6) is 0 Å². The van der Waals surface area contributed by atoms with Crippen LogP contribution in [0.4, 0.5) is 5.82 Å². The third kappa shape index (κ3) is 5.64. The number of anilines is 1. The molecule has 1 saturated carbocycles. The van der Waals surface area contributed by atoms with Crippen LogP contribution in [0.2, 0.25) is 0 Å². The average Bonchev–Trinajstić information content (AvgIpc) is 3.75. The van der Waals surface area contributed by atoms with Gasteiger partial charge >= 0.3 is 0 Å². The predicted molar refractivity (Wildman–Crippen MR) is 153 cm³/mol. The molecule has 9 nitrogen and oxygen atoms in total. The molecule has 0 aliphatic heterocycles. The van der Waals surface area contributed by atoms with Crippen LogP contribution in [-0.2, 0) is 6.54 Å². The fourth-order valence-corrected chi connectivity index (χ4v) is 4.48. The van der Waals surface area contributed by atoms with Gasteiger partial charge in [0.05, 0.1) is 29.7 Å². The number of hydrogen-bond donors (Lipinski definition) is 1. The molecule has 0 aromatic carbocycles. The maximum absolute atomic E-state index is 13.7. The third-order valence-corrected chi connectivity index (χ3v) is 7.47. The number of nitrogens with one attached hydrogen (secondary N) is 1. The number of thioether (sulfide) groups is 1. The number of aromatic nitrogens is 5. The van der Waals surface area contributed by atoms with Gasteiger partial charge in [-0.25, -0.2) is 15.0 Å². The molecule has 0 unspecified atom stereocenters. The van der Waals surface area contributed by atoms with Gasteiger partial charge in [0.25, 0.3) is 5.56 Å². The van der Waals surface area contributed by atoms with E-state index in [1.807, 2.05) is 38.4 Å². The molecule has 0 radical (unpaired) electrons. The van der Waals surface area contributed by atoms with Crippen molar-refractivity contribution < 1.29 is 0 Å². The Hall–Kier alpha value is -3.40. The summed E-state index contributed by atoms with van der Waals surface area (Å²) in [7, 11) is 1.78. The molecule has 0 saturated heterocycles. The Morgan fingerprint density at radius 3 is 2.54 bits per heavy atom. The molecule has 37 heavy (non-hydrogen) atoms. The zero-order valence-electron chi connectivity index (χ0n) is 22.3. The van der Waals surface area contributed by atoms with E-state index in [1.54, 1.807) is 29.6 Å². The number of rotatable bonds is 10. The summed E-state index contributed by atoms with van der Waals surface area (Å²) in [5, 5.41) is 3.19. The molecule has 194 valence electrons. The Kier molecular flexibility index (Phi) is 8.16. The van der Waals surface area contributed by atoms with Crippen molar-refractivity contribution in [2.24, 2.45) is 21.8 Å². The summed E-state index contributed by atoms with van der Waals surface area (Å²) < 4.78 is 1.72. The lowest BCUT2D eigenvalue weighted by atomic mass is 10.0. The van der Waals surface area contributed by atoms with Crippen LogP contribution in [0, 0.1) is 11.8 Å².